The highest BCUT2D eigenvalue weighted by Gasteiger charge is 2.26. The van der Waals surface area contributed by atoms with E-state index < -0.39 is 0 Å². The van der Waals surface area contributed by atoms with Crippen molar-refractivity contribution in [1.82, 2.24) is 18.9 Å². The molecule has 0 bridgehead atoms. The van der Waals surface area contributed by atoms with Gasteiger partial charge in [0.05, 0.1) is 0 Å². The molecule has 0 N–H and O–H groups in total. The Balaban J connectivity index is 1.64. The summed E-state index contributed by atoms with van der Waals surface area (Å²) in [4.78, 5) is 28.3. The number of rotatable bonds is 3. The number of nitrogens with zero attached hydrogens (tertiary/aromatic N) is 4. The van der Waals surface area contributed by atoms with Crippen molar-refractivity contribution < 1.29 is 4.79 Å². The Hall–Kier alpha value is -1.56. The fourth-order valence-electron chi connectivity index (χ4n) is 2.48. The first-order valence-electron chi connectivity index (χ1n) is 6.89. The second-order valence-corrected chi connectivity index (χ2v) is 5.53. The number of hydrogen-bond donors (Lipinski definition) is 0. The normalized spacial score (nSPS) is 20.8. The lowest BCUT2D eigenvalue weighted by Crippen LogP contribution is -2.48. The molecule has 2 fully saturated rings. The molecule has 0 aromatic carbocycles. The average molecular weight is 264 g/mol. The fraction of sp³-hybridized carbons (Fsp3) is 0.692. The molecule has 3 rings (SSSR count). The van der Waals surface area contributed by atoms with Crippen LogP contribution in [0.1, 0.15) is 18.9 Å². The van der Waals surface area contributed by atoms with Crippen LogP contribution in [0.25, 0.3) is 0 Å². The van der Waals surface area contributed by atoms with Gasteiger partial charge in [-0.25, -0.2) is 4.79 Å². The van der Waals surface area contributed by atoms with Crippen molar-refractivity contribution in [1.29, 1.82) is 0 Å². The molecule has 1 saturated heterocycles. The van der Waals surface area contributed by atoms with Crippen LogP contribution >= 0.6 is 0 Å². The van der Waals surface area contributed by atoms with Crippen LogP contribution < -0.4 is 5.69 Å². The molecule has 1 aromatic rings. The molecular weight excluding hydrogens is 244 g/mol. The van der Waals surface area contributed by atoms with Gasteiger partial charge in [-0.15, -0.1) is 0 Å². The topological polar surface area (TPSA) is 50.5 Å². The van der Waals surface area contributed by atoms with E-state index in [-0.39, 0.29) is 18.1 Å². The summed E-state index contributed by atoms with van der Waals surface area (Å²) in [6.07, 6.45) is 5.69. The maximum atomic E-state index is 12.2. The summed E-state index contributed by atoms with van der Waals surface area (Å²) in [5.41, 5.74) is -0.0509. The van der Waals surface area contributed by atoms with Crippen molar-refractivity contribution in [3.8, 4) is 0 Å². The Kier molecular flexibility index (Phi) is 3.18. The molecule has 6 nitrogen and oxygen atoms in total. The van der Waals surface area contributed by atoms with E-state index in [4.69, 9.17) is 0 Å². The van der Waals surface area contributed by atoms with Crippen molar-refractivity contribution >= 4 is 5.91 Å². The fourth-order valence-corrected chi connectivity index (χ4v) is 2.48. The Morgan fingerprint density at radius 2 is 1.89 bits per heavy atom. The third-order valence-corrected chi connectivity index (χ3v) is 3.98. The second-order valence-electron chi connectivity index (χ2n) is 5.53. The molecular formula is C13H20N4O2. The van der Waals surface area contributed by atoms with Gasteiger partial charge in [-0.3, -0.25) is 13.9 Å². The molecule has 1 aliphatic carbocycles. The van der Waals surface area contributed by atoms with E-state index in [1.807, 2.05) is 4.90 Å². The highest BCUT2D eigenvalue weighted by atomic mass is 16.2. The zero-order valence-corrected chi connectivity index (χ0v) is 11.3. The minimum absolute atomic E-state index is 0.0451. The molecule has 1 aliphatic heterocycles. The largest absolute Gasteiger partial charge is 0.339 e. The number of hydrogen-bond acceptors (Lipinski definition) is 3. The Morgan fingerprint density at radius 1 is 1.21 bits per heavy atom. The van der Waals surface area contributed by atoms with Crippen molar-refractivity contribution in [3.05, 3.63) is 22.9 Å². The summed E-state index contributed by atoms with van der Waals surface area (Å²) in [7, 11) is 2.06. The zero-order valence-electron chi connectivity index (χ0n) is 11.3. The Bertz CT molecular complexity index is 521. The smallest absolute Gasteiger partial charge is 0.328 e. The van der Waals surface area contributed by atoms with E-state index in [1.165, 1.54) is 4.57 Å². The Morgan fingerprint density at radius 3 is 2.53 bits per heavy atom. The van der Waals surface area contributed by atoms with Crippen molar-refractivity contribution in [3.63, 3.8) is 0 Å². The number of aromatic nitrogens is 2. The van der Waals surface area contributed by atoms with E-state index in [1.54, 1.807) is 17.0 Å². The van der Waals surface area contributed by atoms with Crippen LogP contribution in [-0.2, 0) is 11.3 Å². The SMILES string of the molecule is CN1CCN(C(=O)Cn2ccn(C3CC3)c2=O)CC1. The van der Waals surface area contributed by atoms with E-state index >= 15 is 0 Å². The summed E-state index contributed by atoms with van der Waals surface area (Å²) in [5.74, 6) is 0.0451. The molecule has 19 heavy (non-hydrogen) atoms. The summed E-state index contributed by atoms with van der Waals surface area (Å²) in [5, 5.41) is 0. The zero-order chi connectivity index (χ0) is 13.4. The van der Waals surface area contributed by atoms with E-state index in [0.29, 0.717) is 6.04 Å². The molecule has 0 unspecified atom stereocenters. The summed E-state index contributed by atoms with van der Waals surface area (Å²) < 4.78 is 3.27. The molecule has 6 heteroatoms. The van der Waals surface area contributed by atoms with Gasteiger partial charge in [0.25, 0.3) is 0 Å². The number of likely N-dealkylation sites (N-methyl/N-ethyl adjacent to an activating group) is 1. The molecule has 1 aromatic heterocycles. The molecule has 1 saturated carbocycles. The highest BCUT2D eigenvalue weighted by Crippen LogP contribution is 2.33. The first kappa shape index (κ1) is 12.5. The molecule has 0 radical (unpaired) electrons. The predicted molar refractivity (Wildman–Crippen MR) is 71.0 cm³/mol. The molecule has 2 heterocycles. The maximum absolute atomic E-state index is 12.2. The third-order valence-electron chi connectivity index (χ3n) is 3.98. The maximum Gasteiger partial charge on any atom is 0.328 e. The second kappa shape index (κ2) is 4.85. The van der Waals surface area contributed by atoms with Gasteiger partial charge in [0.2, 0.25) is 5.91 Å². The van der Waals surface area contributed by atoms with Gasteiger partial charge in [-0.05, 0) is 19.9 Å². The number of amides is 1. The lowest BCUT2D eigenvalue weighted by molar-refractivity contribution is -0.133. The van der Waals surface area contributed by atoms with Crippen LogP contribution in [0.4, 0.5) is 0 Å². The number of carbonyl (C=O) groups is 1. The first-order chi connectivity index (χ1) is 9.15. The van der Waals surface area contributed by atoms with Crippen LogP contribution in [0.3, 0.4) is 0 Å². The van der Waals surface area contributed by atoms with Gasteiger partial charge in [-0.1, -0.05) is 0 Å². The van der Waals surface area contributed by atoms with Crippen LogP contribution in [0.2, 0.25) is 0 Å². The van der Waals surface area contributed by atoms with Crippen molar-refractivity contribution in [2.75, 3.05) is 33.2 Å². The van der Waals surface area contributed by atoms with Crippen molar-refractivity contribution in [2.24, 2.45) is 0 Å². The number of carbonyl (C=O) groups excluding carboxylic acids is 1. The van der Waals surface area contributed by atoms with E-state index in [0.717, 1.165) is 39.0 Å². The van der Waals surface area contributed by atoms with Gasteiger partial charge >= 0.3 is 5.69 Å². The molecule has 2 aliphatic rings. The molecule has 1 amide bonds. The van der Waals surface area contributed by atoms with Crippen LogP contribution in [0.5, 0.6) is 0 Å². The molecule has 0 spiro atoms. The number of imidazole rings is 1. The van der Waals surface area contributed by atoms with Gasteiger partial charge < -0.3 is 9.80 Å². The van der Waals surface area contributed by atoms with Gasteiger partial charge in [0.1, 0.15) is 6.54 Å². The van der Waals surface area contributed by atoms with Gasteiger partial charge in [-0.2, -0.15) is 0 Å². The lowest BCUT2D eigenvalue weighted by atomic mass is 10.3. The lowest BCUT2D eigenvalue weighted by Gasteiger charge is -2.32. The summed E-state index contributed by atoms with van der Waals surface area (Å²) in [6.45, 7) is 3.50. The van der Waals surface area contributed by atoms with E-state index in [9.17, 15) is 9.59 Å². The average Bonchev–Trinajstić information content (AvgIpc) is 3.17. The van der Waals surface area contributed by atoms with Crippen LogP contribution in [0.15, 0.2) is 17.2 Å². The standard InChI is InChI=1S/C13H20N4O2/c1-14-4-6-15(7-5-14)12(18)10-16-8-9-17(13(16)19)11-2-3-11/h8-9,11H,2-7,10H2,1H3. The highest BCUT2D eigenvalue weighted by molar-refractivity contribution is 5.76. The Labute approximate surface area is 112 Å². The summed E-state index contributed by atoms with van der Waals surface area (Å²) in [6, 6.07) is 0.368. The summed E-state index contributed by atoms with van der Waals surface area (Å²) >= 11 is 0. The minimum atomic E-state index is -0.0509. The van der Waals surface area contributed by atoms with Gasteiger partial charge in [0.15, 0.2) is 0 Å². The quantitative estimate of drug-likeness (QED) is 0.757. The predicted octanol–water partition coefficient (Wildman–Crippen LogP) is -0.241. The molecule has 104 valence electrons. The molecule has 0 atom stereocenters. The monoisotopic (exact) mass is 264 g/mol. The first-order valence-corrected chi connectivity index (χ1v) is 6.89. The van der Waals surface area contributed by atoms with Gasteiger partial charge in [0, 0.05) is 44.6 Å². The van der Waals surface area contributed by atoms with Crippen LogP contribution in [0, 0.1) is 0 Å². The number of piperazine rings is 1. The third kappa shape index (κ3) is 2.58. The van der Waals surface area contributed by atoms with Crippen LogP contribution in [-0.4, -0.2) is 58.1 Å². The minimum Gasteiger partial charge on any atom is -0.339 e. The van der Waals surface area contributed by atoms with E-state index in [2.05, 4.69) is 11.9 Å². The van der Waals surface area contributed by atoms with Crippen molar-refractivity contribution in [2.45, 2.75) is 25.4 Å².